The molecular formula is C13H19ClN2O3S. The Hall–Kier alpha value is -0.950. The summed E-state index contributed by atoms with van der Waals surface area (Å²) in [4.78, 5) is 11.3. The average Bonchev–Trinajstić information content (AvgIpc) is 2.38. The molecule has 0 aliphatic carbocycles. The van der Waals surface area contributed by atoms with E-state index in [0.29, 0.717) is 24.9 Å². The molecule has 3 N–H and O–H groups in total. The quantitative estimate of drug-likeness (QED) is 0.531. The number of sulfonamides is 1. The zero-order valence-electron chi connectivity index (χ0n) is 11.1. The fraction of sp³-hybridized carbons (Fsp3) is 0.462. The van der Waals surface area contributed by atoms with Crippen LogP contribution in [0.2, 0.25) is 0 Å². The molecule has 0 bridgehead atoms. The molecule has 0 saturated heterocycles. The first kappa shape index (κ1) is 17.1. The van der Waals surface area contributed by atoms with Gasteiger partial charge in [0.2, 0.25) is 15.3 Å². The summed E-state index contributed by atoms with van der Waals surface area (Å²) in [6.07, 6.45) is 1.72. The lowest BCUT2D eigenvalue weighted by Gasteiger charge is -2.14. The first-order valence-corrected chi connectivity index (χ1v) is 8.41. The van der Waals surface area contributed by atoms with Crippen LogP contribution in [0.3, 0.4) is 0 Å². The van der Waals surface area contributed by atoms with E-state index in [1.165, 1.54) is 0 Å². The molecule has 0 spiro atoms. The molecule has 0 aliphatic rings. The Morgan fingerprint density at radius 1 is 1.25 bits per heavy atom. The summed E-state index contributed by atoms with van der Waals surface area (Å²) in [6, 6.07) is 7.86. The topological polar surface area (TPSA) is 89.3 Å². The van der Waals surface area contributed by atoms with Crippen molar-refractivity contribution in [2.45, 2.75) is 31.1 Å². The largest absolute Gasteiger partial charge is 0.330 e. The van der Waals surface area contributed by atoms with Crippen molar-refractivity contribution in [3.05, 3.63) is 35.9 Å². The second-order valence-corrected chi connectivity index (χ2v) is 6.63. The molecule has 0 amide bonds. The maximum atomic E-state index is 12.0. The third kappa shape index (κ3) is 6.47. The van der Waals surface area contributed by atoms with E-state index < -0.39 is 21.3 Å². The zero-order chi connectivity index (χ0) is 15.0. The van der Waals surface area contributed by atoms with Gasteiger partial charge in [0.05, 0.1) is 11.8 Å². The maximum absolute atomic E-state index is 12.0. The standard InChI is InChI=1S/C13H19ClN2O3S/c14-13(17)12(8-4-5-9-15)16-20(18,19)10-11-6-2-1-3-7-11/h1-3,6-7,12,16H,4-5,8-10,15H2/t12-/m0/s1. The van der Waals surface area contributed by atoms with E-state index in [2.05, 4.69) is 4.72 Å². The molecule has 1 atom stereocenters. The highest BCUT2D eigenvalue weighted by molar-refractivity contribution is 7.88. The van der Waals surface area contributed by atoms with Crippen molar-refractivity contribution in [2.24, 2.45) is 5.73 Å². The fourth-order valence-electron chi connectivity index (χ4n) is 1.76. The van der Waals surface area contributed by atoms with Crippen molar-refractivity contribution in [1.82, 2.24) is 4.72 Å². The highest BCUT2D eigenvalue weighted by Crippen LogP contribution is 2.09. The molecule has 5 nitrogen and oxygen atoms in total. The number of hydrogen-bond donors (Lipinski definition) is 2. The number of halogens is 1. The average molecular weight is 319 g/mol. The first-order valence-electron chi connectivity index (χ1n) is 6.38. The van der Waals surface area contributed by atoms with Gasteiger partial charge in [-0.25, -0.2) is 13.1 Å². The molecule has 20 heavy (non-hydrogen) atoms. The van der Waals surface area contributed by atoms with E-state index in [9.17, 15) is 13.2 Å². The summed E-state index contributed by atoms with van der Waals surface area (Å²) in [6.45, 7) is 0.500. The summed E-state index contributed by atoms with van der Waals surface area (Å²) >= 11 is 5.43. The van der Waals surface area contributed by atoms with Crippen LogP contribution in [0.1, 0.15) is 24.8 Å². The molecule has 0 fully saturated rings. The van der Waals surface area contributed by atoms with Crippen LogP contribution >= 0.6 is 11.6 Å². The van der Waals surface area contributed by atoms with E-state index in [1.807, 2.05) is 6.07 Å². The molecule has 0 heterocycles. The van der Waals surface area contributed by atoms with Gasteiger partial charge in [0.1, 0.15) is 0 Å². The van der Waals surface area contributed by atoms with Crippen LogP contribution in [0.25, 0.3) is 0 Å². The van der Waals surface area contributed by atoms with Crippen molar-refractivity contribution < 1.29 is 13.2 Å². The van der Waals surface area contributed by atoms with Crippen molar-refractivity contribution in [1.29, 1.82) is 0 Å². The molecule has 1 rings (SSSR count). The summed E-state index contributed by atoms with van der Waals surface area (Å²) < 4.78 is 26.4. The second-order valence-electron chi connectivity index (χ2n) is 4.50. The van der Waals surface area contributed by atoms with Crippen molar-refractivity contribution in [2.75, 3.05) is 6.54 Å². The molecule has 1 aromatic rings. The summed E-state index contributed by atoms with van der Waals surface area (Å²) in [5.41, 5.74) is 6.02. The number of rotatable bonds is 9. The van der Waals surface area contributed by atoms with Gasteiger partial charge in [-0.15, -0.1) is 0 Å². The lowest BCUT2D eigenvalue weighted by atomic mass is 10.1. The van der Waals surface area contributed by atoms with Crippen molar-refractivity contribution >= 4 is 26.9 Å². The molecule has 112 valence electrons. The Labute approximate surface area is 124 Å². The van der Waals surface area contributed by atoms with Gasteiger partial charge < -0.3 is 5.73 Å². The zero-order valence-corrected chi connectivity index (χ0v) is 12.7. The van der Waals surface area contributed by atoms with E-state index in [1.54, 1.807) is 24.3 Å². The predicted molar refractivity (Wildman–Crippen MR) is 79.8 cm³/mol. The minimum Gasteiger partial charge on any atom is -0.330 e. The van der Waals surface area contributed by atoms with Gasteiger partial charge in [-0.05, 0) is 36.6 Å². The highest BCUT2D eigenvalue weighted by Gasteiger charge is 2.22. The smallest absolute Gasteiger partial charge is 0.239 e. The second kappa shape index (κ2) is 8.36. The highest BCUT2D eigenvalue weighted by atomic mass is 35.5. The molecule has 0 radical (unpaired) electrons. The van der Waals surface area contributed by atoms with Gasteiger partial charge in [-0.2, -0.15) is 0 Å². The Balaban J connectivity index is 2.64. The molecule has 0 unspecified atom stereocenters. The lowest BCUT2D eigenvalue weighted by Crippen LogP contribution is -2.39. The van der Waals surface area contributed by atoms with Crippen LogP contribution in [0.15, 0.2) is 30.3 Å². The molecule has 1 aromatic carbocycles. The van der Waals surface area contributed by atoms with Crippen molar-refractivity contribution in [3.8, 4) is 0 Å². The summed E-state index contributed by atoms with van der Waals surface area (Å²) in [5.74, 6) is -0.175. The van der Waals surface area contributed by atoms with Crippen LogP contribution < -0.4 is 10.5 Å². The fourth-order valence-corrected chi connectivity index (χ4v) is 3.36. The van der Waals surface area contributed by atoms with E-state index in [-0.39, 0.29) is 5.75 Å². The summed E-state index contributed by atoms with van der Waals surface area (Å²) in [5, 5.41) is -0.696. The minimum absolute atomic E-state index is 0.175. The van der Waals surface area contributed by atoms with Gasteiger partial charge >= 0.3 is 0 Å². The van der Waals surface area contributed by atoms with E-state index >= 15 is 0 Å². The van der Waals surface area contributed by atoms with Crippen LogP contribution in [-0.2, 0) is 20.6 Å². The molecule has 0 saturated carbocycles. The summed E-state index contributed by atoms with van der Waals surface area (Å²) in [7, 11) is -3.60. The Kier molecular flexibility index (Phi) is 7.15. The van der Waals surface area contributed by atoms with E-state index in [4.69, 9.17) is 17.3 Å². The monoisotopic (exact) mass is 318 g/mol. The Bertz CT molecular complexity index is 520. The van der Waals surface area contributed by atoms with Crippen LogP contribution in [0.4, 0.5) is 0 Å². The van der Waals surface area contributed by atoms with E-state index in [0.717, 1.165) is 6.42 Å². The maximum Gasteiger partial charge on any atom is 0.239 e. The molecule has 0 aromatic heterocycles. The van der Waals surface area contributed by atoms with Gasteiger partial charge in [0, 0.05) is 0 Å². The number of carbonyl (C=O) groups excluding carboxylic acids is 1. The van der Waals surface area contributed by atoms with Crippen LogP contribution in [0.5, 0.6) is 0 Å². The van der Waals surface area contributed by atoms with Gasteiger partial charge in [0.25, 0.3) is 0 Å². The Morgan fingerprint density at radius 2 is 1.90 bits per heavy atom. The number of benzene rings is 1. The third-order valence-corrected chi connectivity index (χ3v) is 4.36. The van der Waals surface area contributed by atoms with Crippen LogP contribution in [0, 0.1) is 0 Å². The first-order chi connectivity index (χ1) is 9.44. The molecule has 7 heteroatoms. The minimum atomic E-state index is -3.60. The SMILES string of the molecule is NCCCC[C@H](NS(=O)(=O)Cc1ccccc1)C(=O)Cl. The van der Waals surface area contributed by atoms with Gasteiger partial charge in [-0.3, -0.25) is 4.79 Å². The third-order valence-electron chi connectivity index (χ3n) is 2.74. The van der Waals surface area contributed by atoms with Crippen molar-refractivity contribution in [3.63, 3.8) is 0 Å². The number of carbonyl (C=O) groups is 1. The number of hydrogen-bond acceptors (Lipinski definition) is 4. The van der Waals surface area contributed by atoms with Crippen LogP contribution in [-0.4, -0.2) is 26.2 Å². The number of unbranched alkanes of at least 4 members (excludes halogenated alkanes) is 1. The number of nitrogens with one attached hydrogen (secondary N) is 1. The normalized spacial score (nSPS) is 13.1. The lowest BCUT2D eigenvalue weighted by molar-refractivity contribution is -0.113. The number of nitrogens with two attached hydrogens (primary N) is 1. The van der Waals surface area contributed by atoms with Gasteiger partial charge in [0.15, 0.2) is 0 Å². The molecule has 0 aliphatic heterocycles. The molecular weight excluding hydrogens is 300 g/mol. The Morgan fingerprint density at radius 3 is 2.45 bits per heavy atom. The predicted octanol–water partition coefficient (Wildman–Crippen LogP) is 1.37. The van der Waals surface area contributed by atoms with Gasteiger partial charge in [-0.1, -0.05) is 36.8 Å².